The number of aromatic nitrogens is 1. The van der Waals surface area contributed by atoms with Crippen LogP contribution in [0.2, 0.25) is 0 Å². The van der Waals surface area contributed by atoms with Gasteiger partial charge in [0.1, 0.15) is 11.6 Å². The molecule has 121 valence electrons. The van der Waals surface area contributed by atoms with Gasteiger partial charge in [0.15, 0.2) is 6.26 Å². The van der Waals surface area contributed by atoms with E-state index >= 15 is 0 Å². The van der Waals surface area contributed by atoms with Gasteiger partial charge >= 0.3 is 11.9 Å². The Bertz CT molecular complexity index is 943. The van der Waals surface area contributed by atoms with Crippen molar-refractivity contribution in [3.63, 3.8) is 0 Å². The summed E-state index contributed by atoms with van der Waals surface area (Å²) in [5, 5.41) is 9.09. The number of hydrogen-bond acceptors (Lipinski definition) is 7. The zero-order chi connectivity index (χ0) is 17.6. The molecule has 0 spiro atoms. The fraction of sp³-hybridized carbons (Fsp3) is 0. The van der Waals surface area contributed by atoms with Crippen molar-refractivity contribution in [1.82, 2.24) is 4.98 Å². The monoisotopic (exact) mass is 333 g/mol. The van der Waals surface area contributed by atoms with Gasteiger partial charge in [-0.05, 0) is 30.3 Å². The summed E-state index contributed by atoms with van der Waals surface area (Å²) < 4.78 is 15.0. The average molecular weight is 333 g/mol. The number of pyridine rings is 1. The molecule has 25 heavy (non-hydrogen) atoms. The number of esters is 2. The van der Waals surface area contributed by atoms with Crippen molar-refractivity contribution >= 4 is 11.9 Å². The van der Waals surface area contributed by atoms with Gasteiger partial charge in [-0.25, -0.2) is 9.59 Å². The molecule has 3 aromatic rings. The summed E-state index contributed by atoms with van der Waals surface area (Å²) in [4.78, 5) is 27.8. The molecule has 0 bridgehead atoms. The highest BCUT2D eigenvalue weighted by Crippen LogP contribution is 2.21. The number of benzene rings is 1. The fourth-order valence-corrected chi connectivity index (χ4v) is 1.86. The van der Waals surface area contributed by atoms with Crippen molar-refractivity contribution in [2.24, 2.45) is 0 Å². The number of furan rings is 1. The zero-order valence-corrected chi connectivity index (χ0v) is 12.6. The third-order valence-electron chi connectivity index (χ3n) is 3.02. The van der Waals surface area contributed by atoms with Gasteiger partial charge in [0.25, 0.3) is 0 Å². The van der Waals surface area contributed by atoms with Crippen molar-refractivity contribution in [2.45, 2.75) is 0 Å². The van der Waals surface area contributed by atoms with E-state index < -0.39 is 11.9 Å². The normalized spacial score (nSPS) is 9.88. The Labute approximate surface area is 142 Å². The largest absolute Gasteiger partial charge is 0.446 e. The van der Waals surface area contributed by atoms with E-state index in [4.69, 9.17) is 19.2 Å². The molecule has 3 rings (SSSR count). The lowest BCUT2D eigenvalue weighted by Gasteiger charge is -2.07. The first-order valence-electron chi connectivity index (χ1n) is 7.04. The number of ether oxygens (including phenoxy) is 2. The molecule has 7 nitrogen and oxygen atoms in total. The zero-order valence-electron chi connectivity index (χ0n) is 12.6. The van der Waals surface area contributed by atoms with Gasteiger partial charge in [-0.1, -0.05) is 18.2 Å². The molecule has 0 fully saturated rings. The quantitative estimate of drug-likeness (QED) is 0.676. The number of carbonyl (C=O) groups excluding carboxylic acids is 2. The third kappa shape index (κ3) is 3.71. The number of carbonyl (C=O) groups is 2. The predicted molar refractivity (Wildman–Crippen MR) is 82.9 cm³/mol. The number of hydrogen-bond donors (Lipinski definition) is 0. The second-order valence-electron chi connectivity index (χ2n) is 4.68. The summed E-state index contributed by atoms with van der Waals surface area (Å²) in [6.45, 7) is 0. The van der Waals surface area contributed by atoms with Crippen molar-refractivity contribution in [1.29, 1.82) is 5.26 Å². The summed E-state index contributed by atoms with van der Waals surface area (Å²) in [6, 6.07) is 15.6. The lowest BCUT2D eigenvalue weighted by Crippen LogP contribution is -2.12. The van der Waals surface area contributed by atoms with Crippen LogP contribution in [-0.4, -0.2) is 16.9 Å². The molecule has 0 N–H and O–H groups in total. The van der Waals surface area contributed by atoms with Gasteiger partial charge in [0.05, 0.1) is 5.56 Å². The standard InChI is InChI=1S/C18H9N2O5/c19-11-13-8-9-15(24-17(21)12-5-2-1-3-6-12)20-16(13)25-18(22)14-7-4-10-23-14/h1-9H. The second-order valence-corrected chi connectivity index (χ2v) is 4.68. The van der Waals surface area contributed by atoms with E-state index in [1.165, 1.54) is 24.3 Å². The average Bonchev–Trinajstić information content (AvgIpc) is 3.17. The third-order valence-corrected chi connectivity index (χ3v) is 3.02. The molecule has 0 unspecified atom stereocenters. The minimum atomic E-state index is -0.850. The van der Waals surface area contributed by atoms with E-state index in [9.17, 15) is 9.59 Å². The molecule has 1 radical (unpaired) electrons. The molecular weight excluding hydrogens is 324 g/mol. The van der Waals surface area contributed by atoms with Crippen LogP contribution in [0, 0.1) is 17.6 Å². The number of nitrogens with zero attached hydrogens (tertiary/aromatic N) is 2. The summed E-state index contributed by atoms with van der Waals surface area (Å²) in [5.74, 6) is -1.98. The Morgan fingerprint density at radius 2 is 1.84 bits per heavy atom. The molecule has 2 heterocycles. The summed E-state index contributed by atoms with van der Waals surface area (Å²) in [5.41, 5.74) is 0.335. The molecule has 0 saturated carbocycles. The van der Waals surface area contributed by atoms with Crippen LogP contribution in [0.25, 0.3) is 0 Å². The van der Waals surface area contributed by atoms with Crippen LogP contribution in [0.3, 0.4) is 0 Å². The molecule has 2 aromatic heterocycles. The van der Waals surface area contributed by atoms with Crippen LogP contribution in [-0.2, 0) is 0 Å². The Balaban J connectivity index is 1.81. The molecular formula is C18H9N2O5. The van der Waals surface area contributed by atoms with Crippen molar-refractivity contribution in [2.75, 3.05) is 0 Å². The molecule has 0 aliphatic carbocycles. The summed E-state index contributed by atoms with van der Waals surface area (Å²) in [7, 11) is 0. The fourth-order valence-electron chi connectivity index (χ4n) is 1.86. The van der Waals surface area contributed by atoms with Crippen LogP contribution in [0.5, 0.6) is 11.8 Å². The van der Waals surface area contributed by atoms with Gasteiger partial charge in [-0.3, -0.25) is 0 Å². The molecule has 0 saturated heterocycles. The molecule has 0 atom stereocenters. The van der Waals surface area contributed by atoms with Crippen LogP contribution in [0.15, 0.2) is 59.0 Å². The Morgan fingerprint density at radius 1 is 1.04 bits per heavy atom. The van der Waals surface area contributed by atoms with Gasteiger partial charge in [0.2, 0.25) is 17.5 Å². The molecule has 0 amide bonds. The Kier molecular flexibility index (Phi) is 4.53. The maximum Gasteiger partial charge on any atom is 0.381 e. The number of rotatable bonds is 4. The van der Waals surface area contributed by atoms with Gasteiger partial charge in [0, 0.05) is 6.07 Å². The van der Waals surface area contributed by atoms with Crippen molar-refractivity contribution < 1.29 is 23.5 Å². The predicted octanol–water partition coefficient (Wildman–Crippen LogP) is 2.78. The molecule has 1 aromatic carbocycles. The maximum atomic E-state index is 12.0. The highest BCUT2D eigenvalue weighted by Gasteiger charge is 2.18. The van der Waals surface area contributed by atoms with Gasteiger partial charge in [-0.2, -0.15) is 10.2 Å². The number of nitriles is 1. The Hall–Kier alpha value is -3.92. The Morgan fingerprint density at radius 3 is 2.52 bits per heavy atom. The van der Waals surface area contributed by atoms with E-state index in [1.807, 2.05) is 6.07 Å². The minimum Gasteiger partial charge on any atom is -0.446 e. The van der Waals surface area contributed by atoms with E-state index in [1.54, 1.807) is 30.3 Å². The van der Waals surface area contributed by atoms with E-state index in [0.717, 1.165) is 0 Å². The first-order valence-corrected chi connectivity index (χ1v) is 7.04. The highest BCUT2D eigenvalue weighted by atomic mass is 16.6. The van der Waals surface area contributed by atoms with Gasteiger partial charge in [-0.15, -0.1) is 0 Å². The first-order chi connectivity index (χ1) is 12.2. The lowest BCUT2D eigenvalue weighted by atomic mass is 10.2. The molecule has 0 aliphatic heterocycles. The second kappa shape index (κ2) is 7.10. The van der Waals surface area contributed by atoms with E-state index in [-0.39, 0.29) is 23.1 Å². The summed E-state index contributed by atoms with van der Waals surface area (Å²) in [6.07, 6.45) is 2.35. The van der Waals surface area contributed by atoms with Crippen LogP contribution < -0.4 is 9.47 Å². The van der Waals surface area contributed by atoms with Crippen LogP contribution >= 0.6 is 0 Å². The van der Waals surface area contributed by atoms with Crippen LogP contribution in [0.1, 0.15) is 26.5 Å². The van der Waals surface area contributed by atoms with Crippen molar-refractivity contribution in [3.05, 3.63) is 77.7 Å². The molecule has 0 aliphatic rings. The lowest BCUT2D eigenvalue weighted by molar-refractivity contribution is 0.0690. The van der Waals surface area contributed by atoms with Crippen LogP contribution in [0.4, 0.5) is 0 Å². The SMILES string of the molecule is N#Cc1ccc(OC(=O)c2ccccc2)nc1OC(=O)c1cc[c]o1. The first kappa shape index (κ1) is 16.0. The van der Waals surface area contributed by atoms with Crippen molar-refractivity contribution in [3.8, 4) is 17.8 Å². The molecule has 7 heteroatoms. The van der Waals surface area contributed by atoms with E-state index in [0.29, 0.717) is 5.56 Å². The smallest absolute Gasteiger partial charge is 0.381 e. The topological polar surface area (TPSA) is 102 Å². The minimum absolute atomic E-state index is 0.00314. The van der Waals surface area contributed by atoms with Gasteiger partial charge < -0.3 is 13.9 Å². The highest BCUT2D eigenvalue weighted by molar-refractivity contribution is 5.91. The summed E-state index contributed by atoms with van der Waals surface area (Å²) >= 11 is 0. The van der Waals surface area contributed by atoms with E-state index in [2.05, 4.69) is 11.2 Å². The maximum absolute atomic E-state index is 12.0.